The number of likely N-dealkylation sites (tertiary alicyclic amines) is 1. The monoisotopic (exact) mass is 510 g/mol. The van der Waals surface area contributed by atoms with Gasteiger partial charge in [0.1, 0.15) is 11.6 Å². The van der Waals surface area contributed by atoms with Crippen LogP contribution in [0.3, 0.4) is 0 Å². The number of aromatic nitrogens is 3. The van der Waals surface area contributed by atoms with E-state index in [2.05, 4.69) is 15.4 Å². The fraction of sp³-hybridized carbons (Fsp3) is 0.241. The van der Waals surface area contributed by atoms with E-state index >= 15 is 0 Å². The van der Waals surface area contributed by atoms with Crippen LogP contribution in [0.25, 0.3) is 22.3 Å². The lowest BCUT2D eigenvalue weighted by atomic mass is 9.99. The molecule has 3 heterocycles. The van der Waals surface area contributed by atoms with Gasteiger partial charge in [0.15, 0.2) is 0 Å². The molecule has 0 radical (unpaired) electrons. The molecule has 2 aromatic carbocycles. The Morgan fingerprint density at radius 3 is 2.37 bits per heavy atom. The van der Waals surface area contributed by atoms with Crippen LogP contribution >= 0.6 is 0 Å². The molecule has 1 fully saturated rings. The number of aromatic hydroxyl groups is 1. The van der Waals surface area contributed by atoms with E-state index in [1.807, 2.05) is 63.5 Å². The Morgan fingerprint density at radius 1 is 1.00 bits per heavy atom. The normalized spacial score (nSPS) is 15.0. The number of rotatable bonds is 5. The molecule has 1 atom stereocenters. The van der Waals surface area contributed by atoms with Gasteiger partial charge in [0, 0.05) is 55.3 Å². The molecule has 4 N–H and O–H groups in total. The van der Waals surface area contributed by atoms with Crippen LogP contribution in [0.5, 0.6) is 5.75 Å². The van der Waals surface area contributed by atoms with Crippen molar-refractivity contribution in [2.45, 2.75) is 26.3 Å². The topological polar surface area (TPSA) is 126 Å². The Hall–Kier alpha value is -4.66. The average molecular weight is 511 g/mol. The van der Waals surface area contributed by atoms with Gasteiger partial charge in [0.25, 0.3) is 11.8 Å². The Labute approximate surface area is 220 Å². The molecule has 0 unspecified atom stereocenters. The van der Waals surface area contributed by atoms with Crippen molar-refractivity contribution in [3.8, 4) is 28.0 Å². The van der Waals surface area contributed by atoms with Crippen LogP contribution in [0, 0.1) is 13.8 Å². The summed E-state index contributed by atoms with van der Waals surface area (Å²) < 4.78 is 1.68. The van der Waals surface area contributed by atoms with Crippen molar-refractivity contribution in [1.29, 1.82) is 0 Å². The number of hydrogen-bond acceptors (Lipinski definition) is 6. The van der Waals surface area contributed by atoms with Crippen LogP contribution in [0.2, 0.25) is 0 Å². The number of phenolic OH excluding ortho intramolecular Hbond substituents is 1. The second kappa shape index (κ2) is 10.0. The maximum Gasteiger partial charge on any atom is 0.255 e. The van der Waals surface area contributed by atoms with Gasteiger partial charge in [-0.05, 0) is 72.9 Å². The maximum absolute atomic E-state index is 13.1. The molecule has 9 heteroatoms. The van der Waals surface area contributed by atoms with Crippen molar-refractivity contribution >= 4 is 17.6 Å². The van der Waals surface area contributed by atoms with E-state index in [-0.39, 0.29) is 23.7 Å². The van der Waals surface area contributed by atoms with E-state index in [0.29, 0.717) is 36.4 Å². The quantitative estimate of drug-likeness (QED) is 0.376. The van der Waals surface area contributed by atoms with E-state index in [9.17, 15) is 14.7 Å². The minimum absolute atomic E-state index is 0.0777. The average Bonchev–Trinajstić information content (AvgIpc) is 3.56. The fourth-order valence-electron chi connectivity index (χ4n) is 4.82. The van der Waals surface area contributed by atoms with E-state index < -0.39 is 0 Å². The van der Waals surface area contributed by atoms with Crippen LogP contribution < -0.4 is 11.1 Å². The van der Waals surface area contributed by atoms with Crippen molar-refractivity contribution in [3.63, 3.8) is 0 Å². The van der Waals surface area contributed by atoms with Gasteiger partial charge in [-0.1, -0.05) is 12.1 Å². The van der Waals surface area contributed by atoms with Crippen molar-refractivity contribution in [2.24, 2.45) is 7.05 Å². The first-order valence-corrected chi connectivity index (χ1v) is 12.4. The number of carbonyl (C=O) groups is 2. The van der Waals surface area contributed by atoms with Crippen molar-refractivity contribution in [2.75, 3.05) is 18.8 Å². The molecule has 1 aliphatic heterocycles. The zero-order valence-corrected chi connectivity index (χ0v) is 21.6. The number of amides is 2. The molecule has 38 heavy (non-hydrogen) atoms. The summed E-state index contributed by atoms with van der Waals surface area (Å²) in [6.07, 6.45) is 5.81. The molecule has 0 spiro atoms. The predicted molar refractivity (Wildman–Crippen MR) is 146 cm³/mol. The van der Waals surface area contributed by atoms with Gasteiger partial charge in [0.2, 0.25) is 0 Å². The van der Waals surface area contributed by atoms with Crippen LogP contribution in [0.4, 0.5) is 5.82 Å². The van der Waals surface area contributed by atoms with E-state index in [0.717, 1.165) is 33.4 Å². The van der Waals surface area contributed by atoms with E-state index in [1.165, 1.54) is 0 Å². The Kier molecular flexibility index (Phi) is 6.59. The number of pyridine rings is 1. The highest BCUT2D eigenvalue weighted by Crippen LogP contribution is 2.29. The van der Waals surface area contributed by atoms with Gasteiger partial charge in [-0.15, -0.1) is 0 Å². The number of nitrogens with zero attached hydrogens (tertiary/aromatic N) is 4. The SMILES string of the molecule is Cc1cc(-c2ccc(C(=O)N3CC[C@@H](NC(=O)c4cc(-c5cnn(C)c5)cnc4N)C3)cc2)cc(C)c1O. The molecule has 2 aromatic heterocycles. The molecule has 4 aromatic rings. The molecule has 0 aliphatic carbocycles. The van der Waals surface area contributed by atoms with Crippen molar-refractivity contribution in [1.82, 2.24) is 25.0 Å². The highest BCUT2D eigenvalue weighted by atomic mass is 16.3. The fourth-order valence-corrected chi connectivity index (χ4v) is 4.82. The second-order valence-corrected chi connectivity index (χ2v) is 9.81. The summed E-state index contributed by atoms with van der Waals surface area (Å²) in [5.74, 6) is 0.0616. The number of carbonyl (C=O) groups excluding carboxylic acids is 2. The van der Waals surface area contributed by atoms with Crippen molar-refractivity contribution < 1.29 is 14.7 Å². The molecule has 194 valence electrons. The molecule has 0 bridgehead atoms. The third-order valence-corrected chi connectivity index (χ3v) is 6.97. The first-order chi connectivity index (χ1) is 18.2. The molecule has 0 saturated carbocycles. The number of benzene rings is 2. The number of nitrogen functional groups attached to an aromatic ring is 1. The lowest BCUT2D eigenvalue weighted by molar-refractivity contribution is 0.0783. The van der Waals surface area contributed by atoms with Crippen LogP contribution in [-0.2, 0) is 7.05 Å². The minimum Gasteiger partial charge on any atom is -0.507 e. The summed E-state index contributed by atoms with van der Waals surface area (Å²) in [4.78, 5) is 32.1. The third-order valence-electron chi connectivity index (χ3n) is 6.97. The second-order valence-electron chi connectivity index (χ2n) is 9.81. The number of aryl methyl sites for hydroxylation is 3. The van der Waals surface area contributed by atoms with Gasteiger partial charge < -0.3 is 21.1 Å². The van der Waals surface area contributed by atoms with Gasteiger partial charge in [-0.2, -0.15) is 5.10 Å². The molecule has 1 aliphatic rings. The van der Waals surface area contributed by atoms with E-state index in [1.54, 1.807) is 28.0 Å². The number of anilines is 1. The Balaban J connectivity index is 1.23. The predicted octanol–water partition coefficient (Wildman–Crippen LogP) is 3.70. The summed E-state index contributed by atoms with van der Waals surface area (Å²) in [6.45, 7) is 4.70. The largest absolute Gasteiger partial charge is 0.507 e. The minimum atomic E-state index is -0.316. The number of phenols is 1. The first kappa shape index (κ1) is 25.0. The van der Waals surface area contributed by atoms with Gasteiger partial charge in [0.05, 0.1) is 11.8 Å². The summed E-state index contributed by atoms with van der Waals surface area (Å²) in [7, 11) is 1.82. The molecule has 5 rings (SSSR count). The summed E-state index contributed by atoms with van der Waals surface area (Å²) in [5, 5.41) is 17.2. The molecule has 1 saturated heterocycles. The Bertz CT molecular complexity index is 1500. The standard InChI is InChI=1S/C29H30N6O3/c1-17-10-21(11-18(2)26(17)36)19-4-6-20(7-5-19)29(38)35-9-8-24(16-35)33-28(37)25-12-22(13-31-27(25)30)23-14-32-34(3)15-23/h4-7,10-15,24,36H,8-9,16H2,1-3H3,(H2,30,31)(H,33,37)/t24-/m1/s1. The van der Waals surface area contributed by atoms with Gasteiger partial charge in [-0.25, -0.2) is 4.98 Å². The summed E-state index contributed by atoms with van der Waals surface area (Å²) >= 11 is 0. The zero-order valence-electron chi connectivity index (χ0n) is 21.6. The first-order valence-electron chi connectivity index (χ1n) is 12.4. The van der Waals surface area contributed by atoms with Gasteiger partial charge in [-0.3, -0.25) is 14.3 Å². The van der Waals surface area contributed by atoms with Crippen LogP contribution in [0.15, 0.2) is 61.1 Å². The smallest absolute Gasteiger partial charge is 0.255 e. The maximum atomic E-state index is 13.1. The van der Waals surface area contributed by atoms with Crippen LogP contribution in [0.1, 0.15) is 38.3 Å². The number of hydrogen-bond donors (Lipinski definition) is 3. The zero-order chi connectivity index (χ0) is 27.0. The molecule has 9 nitrogen and oxygen atoms in total. The van der Waals surface area contributed by atoms with E-state index in [4.69, 9.17) is 5.73 Å². The van der Waals surface area contributed by atoms with Crippen LogP contribution in [-0.4, -0.2) is 55.7 Å². The molecular formula is C29H30N6O3. The summed E-state index contributed by atoms with van der Waals surface area (Å²) in [6, 6.07) is 12.9. The highest BCUT2D eigenvalue weighted by Gasteiger charge is 2.29. The molecule has 2 amide bonds. The summed E-state index contributed by atoms with van der Waals surface area (Å²) in [5.41, 5.74) is 12.1. The highest BCUT2D eigenvalue weighted by molar-refractivity contribution is 6.00. The van der Waals surface area contributed by atoms with Gasteiger partial charge >= 0.3 is 0 Å². The lowest BCUT2D eigenvalue weighted by Gasteiger charge is -2.18. The Morgan fingerprint density at radius 2 is 1.71 bits per heavy atom. The number of nitrogens with one attached hydrogen (secondary N) is 1. The lowest BCUT2D eigenvalue weighted by Crippen LogP contribution is -2.38. The third kappa shape index (κ3) is 4.95. The molecular weight excluding hydrogens is 480 g/mol. The van der Waals surface area contributed by atoms with Crippen molar-refractivity contribution in [3.05, 3.63) is 83.3 Å². The number of nitrogens with two attached hydrogens (primary N) is 1.